The molecule has 0 aromatic carbocycles. The summed E-state index contributed by atoms with van der Waals surface area (Å²) in [5, 5.41) is 37.6. The molecule has 2 aliphatic rings. The first kappa shape index (κ1) is 43.0. The van der Waals surface area contributed by atoms with Gasteiger partial charge in [-0.15, -0.1) is 10.2 Å². The number of nitrogens with one attached hydrogen (secondary N) is 2. The van der Waals surface area contributed by atoms with Gasteiger partial charge in [0, 0.05) is 49.6 Å². The van der Waals surface area contributed by atoms with Gasteiger partial charge in [-0.2, -0.15) is 0 Å². The van der Waals surface area contributed by atoms with Crippen LogP contribution in [-0.2, 0) is 45.3 Å². The molecule has 0 spiro atoms. The fourth-order valence-corrected chi connectivity index (χ4v) is 7.23. The van der Waals surface area contributed by atoms with E-state index in [1.807, 2.05) is 0 Å². The predicted octanol–water partition coefficient (Wildman–Crippen LogP) is 1.52. The monoisotopic (exact) mass is 812 g/mol. The van der Waals surface area contributed by atoms with Gasteiger partial charge in [-0.05, 0) is 26.7 Å². The quantitative estimate of drug-likeness (QED) is 0.0776. The summed E-state index contributed by atoms with van der Waals surface area (Å²) < 4.78 is 29.3. The van der Waals surface area contributed by atoms with Crippen LogP contribution in [0.4, 0.5) is 0 Å². The van der Waals surface area contributed by atoms with Gasteiger partial charge < -0.3 is 29.2 Å². The SMILES string of the molecule is Cc1cn([C@H]2CC(O)[C@@H](Cn3cc(COCCCCCCCCCCCCOCc4cn(C[C@H]5O[C@@H](n6cc(C)c(=O)[nH]c6=O)CC5O)nn4)nn3)O2)c(=O)[nH]c1=O. The van der Waals surface area contributed by atoms with Crippen molar-refractivity contribution in [2.45, 2.75) is 154 Å². The average Bonchev–Trinajstić information content (AvgIpc) is 4.00. The lowest BCUT2D eigenvalue weighted by atomic mass is 10.1. The Balaban J connectivity index is 0.729. The molecule has 0 amide bonds. The Morgan fingerprint density at radius 1 is 0.621 bits per heavy atom. The molecular weight excluding hydrogens is 756 g/mol. The average molecular weight is 813 g/mol. The van der Waals surface area contributed by atoms with Crippen molar-refractivity contribution in [3.8, 4) is 0 Å². The smallest absolute Gasteiger partial charge is 0.330 e. The number of aryl methyl sites for hydroxylation is 2. The van der Waals surface area contributed by atoms with E-state index in [2.05, 4.69) is 30.6 Å². The van der Waals surface area contributed by atoms with Gasteiger partial charge >= 0.3 is 11.4 Å². The minimum Gasteiger partial charge on any atom is -0.390 e. The molecule has 6 rings (SSSR count). The Labute approximate surface area is 334 Å². The van der Waals surface area contributed by atoms with Crippen LogP contribution in [0.3, 0.4) is 0 Å². The molecule has 20 nitrogen and oxygen atoms in total. The van der Waals surface area contributed by atoms with E-state index in [-0.39, 0.29) is 25.9 Å². The van der Waals surface area contributed by atoms with Crippen LogP contribution in [0.5, 0.6) is 0 Å². The maximum absolute atomic E-state index is 12.2. The zero-order valence-electron chi connectivity index (χ0n) is 33.2. The molecule has 318 valence electrons. The molecule has 4 aromatic heterocycles. The molecular formula is C38H56N10O10. The van der Waals surface area contributed by atoms with Gasteiger partial charge in [-0.25, -0.2) is 19.0 Å². The minimum atomic E-state index is -0.800. The molecule has 0 bridgehead atoms. The fraction of sp³-hybridized carbons (Fsp3) is 0.684. The highest BCUT2D eigenvalue weighted by atomic mass is 16.5. The van der Waals surface area contributed by atoms with Gasteiger partial charge in [-0.3, -0.25) is 28.7 Å². The van der Waals surface area contributed by atoms with Crippen molar-refractivity contribution in [1.82, 2.24) is 49.1 Å². The van der Waals surface area contributed by atoms with E-state index in [1.54, 1.807) is 35.6 Å². The highest BCUT2D eigenvalue weighted by Crippen LogP contribution is 2.29. The summed E-state index contributed by atoms with van der Waals surface area (Å²) in [4.78, 5) is 52.3. The highest BCUT2D eigenvalue weighted by molar-refractivity contribution is 5.03. The predicted molar refractivity (Wildman–Crippen MR) is 207 cm³/mol. The van der Waals surface area contributed by atoms with Gasteiger partial charge in [0.1, 0.15) is 36.1 Å². The first-order valence-electron chi connectivity index (χ1n) is 20.3. The normalized spacial score (nSPS) is 22.0. The summed E-state index contributed by atoms with van der Waals surface area (Å²) in [6.07, 6.45) is 14.2. The molecule has 6 atom stereocenters. The van der Waals surface area contributed by atoms with Gasteiger partial charge in [0.25, 0.3) is 11.1 Å². The zero-order chi connectivity index (χ0) is 41.0. The molecule has 6 heterocycles. The van der Waals surface area contributed by atoms with Crippen molar-refractivity contribution in [3.63, 3.8) is 0 Å². The van der Waals surface area contributed by atoms with Gasteiger partial charge in [0.15, 0.2) is 0 Å². The Morgan fingerprint density at radius 3 is 1.40 bits per heavy atom. The zero-order valence-corrected chi connectivity index (χ0v) is 33.2. The summed E-state index contributed by atoms with van der Waals surface area (Å²) in [5.41, 5.74) is 0.124. The molecule has 2 unspecified atom stereocenters. The van der Waals surface area contributed by atoms with Crippen LogP contribution < -0.4 is 22.5 Å². The van der Waals surface area contributed by atoms with Crippen LogP contribution in [0.15, 0.2) is 44.0 Å². The second kappa shape index (κ2) is 20.9. The maximum Gasteiger partial charge on any atom is 0.330 e. The lowest BCUT2D eigenvalue weighted by Crippen LogP contribution is -2.33. The van der Waals surface area contributed by atoms with Crippen molar-refractivity contribution in [1.29, 1.82) is 0 Å². The van der Waals surface area contributed by atoms with Crippen LogP contribution in [-0.4, -0.2) is 96.9 Å². The fourth-order valence-electron chi connectivity index (χ4n) is 7.23. The van der Waals surface area contributed by atoms with Crippen molar-refractivity contribution >= 4 is 0 Å². The van der Waals surface area contributed by atoms with Crippen LogP contribution in [0.1, 0.15) is 112 Å². The van der Waals surface area contributed by atoms with E-state index in [1.165, 1.54) is 60.1 Å². The number of aliphatic hydroxyl groups is 2. The van der Waals surface area contributed by atoms with Crippen molar-refractivity contribution < 1.29 is 29.2 Å². The number of rotatable bonds is 23. The lowest BCUT2D eigenvalue weighted by molar-refractivity contribution is -0.0302. The van der Waals surface area contributed by atoms with Gasteiger partial charge in [0.05, 0.1) is 50.9 Å². The summed E-state index contributed by atoms with van der Waals surface area (Å²) in [7, 11) is 0. The van der Waals surface area contributed by atoms with E-state index in [0.717, 1.165) is 25.7 Å². The Hall–Kier alpha value is -4.60. The Bertz CT molecular complexity index is 1990. The lowest BCUT2D eigenvalue weighted by Gasteiger charge is -2.16. The molecule has 4 aromatic rings. The number of unbranched alkanes of at least 4 members (excludes halogenated alkanes) is 9. The van der Waals surface area contributed by atoms with E-state index >= 15 is 0 Å². The number of aromatic nitrogens is 10. The van der Waals surface area contributed by atoms with E-state index in [9.17, 15) is 29.4 Å². The van der Waals surface area contributed by atoms with Crippen LogP contribution in [0.25, 0.3) is 0 Å². The molecule has 2 saturated heterocycles. The number of nitrogens with zero attached hydrogens (tertiary/aromatic N) is 8. The summed E-state index contributed by atoms with van der Waals surface area (Å²) in [5.74, 6) is 0. The summed E-state index contributed by atoms with van der Waals surface area (Å²) >= 11 is 0. The molecule has 4 N–H and O–H groups in total. The van der Waals surface area contributed by atoms with E-state index in [0.29, 0.717) is 48.9 Å². The standard InChI is InChI=1S/C38H56N10O10/c1-25-17-47(37(53)39-35(25)51)33-15-29(49)31(57-33)21-45-19-27(41-43-45)23-55-13-11-9-7-5-3-4-6-8-10-12-14-56-24-28-20-46(44-42-28)22-32-30(50)16-34(58-32)48-18-26(2)36(52)40-38(48)54/h17-20,29-34,49-50H,3-16,21-24H2,1-2H3,(H,39,51,53)(H,40,52,54)/t29?,30?,31-,32-,33-,34-/m1/s1. The van der Waals surface area contributed by atoms with Crippen LogP contribution >= 0.6 is 0 Å². The van der Waals surface area contributed by atoms with Gasteiger partial charge in [0.2, 0.25) is 0 Å². The molecule has 20 heteroatoms. The first-order valence-corrected chi connectivity index (χ1v) is 20.3. The van der Waals surface area contributed by atoms with Crippen LogP contribution in [0.2, 0.25) is 0 Å². The summed E-state index contributed by atoms with van der Waals surface area (Å²) in [6.45, 7) is 5.76. The number of hydrogen-bond donors (Lipinski definition) is 4. The molecule has 58 heavy (non-hydrogen) atoms. The van der Waals surface area contributed by atoms with Crippen molar-refractivity contribution in [2.24, 2.45) is 0 Å². The van der Waals surface area contributed by atoms with Crippen LogP contribution in [0, 0.1) is 13.8 Å². The number of aliphatic hydroxyl groups excluding tert-OH is 2. The third kappa shape index (κ3) is 12.0. The largest absolute Gasteiger partial charge is 0.390 e. The minimum absolute atomic E-state index is 0.221. The third-order valence-electron chi connectivity index (χ3n) is 10.6. The highest BCUT2D eigenvalue weighted by Gasteiger charge is 2.37. The number of aromatic amines is 2. The second-order valence-corrected chi connectivity index (χ2v) is 15.3. The molecule has 0 saturated carbocycles. The number of ether oxygens (including phenoxy) is 4. The van der Waals surface area contributed by atoms with E-state index in [4.69, 9.17) is 18.9 Å². The third-order valence-corrected chi connectivity index (χ3v) is 10.6. The molecule has 2 aliphatic heterocycles. The van der Waals surface area contributed by atoms with Crippen molar-refractivity contribution in [2.75, 3.05) is 13.2 Å². The molecule has 0 radical (unpaired) electrons. The molecule has 0 aliphatic carbocycles. The first-order chi connectivity index (χ1) is 28.0. The maximum atomic E-state index is 12.2. The summed E-state index contributed by atoms with van der Waals surface area (Å²) in [6, 6.07) is 0. The topological polar surface area (TPSA) is 249 Å². The number of H-pyrrole nitrogens is 2. The number of hydrogen-bond acceptors (Lipinski definition) is 14. The molecule has 2 fully saturated rings. The Kier molecular flexibility index (Phi) is 15.5. The van der Waals surface area contributed by atoms with Crippen molar-refractivity contribution in [3.05, 3.63) is 89.0 Å². The Morgan fingerprint density at radius 2 is 1.00 bits per heavy atom. The van der Waals surface area contributed by atoms with E-state index < -0.39 is 59.4 Å². The van der Waals surface area contributed by atoms with Gasteiger partial charge in [-0.1, -0.05) is 61.8 Å². The second-order valence-electron chi connectivity index (χ2n) is 15.3.